The van der Waals surface area contributed by atoms with Gasteiger partial charge in [0.2, 0.25) is 0 Å². The van der Waals surface area contributed by atoms with Gasteiger partial charge >= 0.3 is 0 Å². The molecule has 3 heterocycles. The summed E-state index contributed by atoms with van der Waals surface area (Å²) in [5.41, 5.74) is 5.53. The zero-order chi connectivity index (χ0) is 22.1. The number of hydrogen-bond acceptors (Lipinski definition) is 6. The third kappa shape index (κ3) is 3.60. The fourth-order valence-electron chi connectivity index (χ4n) is 3.87. The molecule has 0 aliphatic rings. The lowest BCUT2D eigenvalue weighted by atomic mass is 10.0. The molecule has 160 valence electrons. The summed E-state index contributed by atoms with van der Waals surface area (Å²) in [4.78, 5) is 13.4. The Labute approximate surface area is 185 Å². The number of nitrogens with zero attached hydrogens (tertiary/aromatic N) is 7. The van der Waals surface area contributed by atoms with Gasteiger partial charge in [0.15, 0.2) is 0 Å². The third-order valence-corrected chi connectivity index (χ3v) is 5.38. The summed E-state index contributed by atoms with van der Waals surface area (Å²) in [7, 11) is 1.92. The minimum absolute atomic E-state index is 0.546. The molecule has 2 aromatic carbocycles. The van der Waals surface area contributed by atoms with Gasteiger partial charge in [0.05, 0.1) is 24.4 Å². The standard InChI is InChI=1S/C24H23N7O/c1-4-32-22-11-21-19(10-18(22)12-31-16(2)25-15-28-31)24(27-14-26-21)20-13-30(3)29-23(20)17-8-6-5-7-9-17/h5-11,13-15H,4,12H2,1-3H3. The summed E-state index contributed by atoms with van der Waals surface area (Å²) in [5, 5.41) is 9.99. The first kappa shape index (κ1) is 19.9. The number of aromatic nitrogens is 7. The molecule has 0 unspecified atom stereocenters. The Morgan fingerprint density at radius 2 is 1.81 bits per heavy atom. The van der Waals surface area contributed by atoms with E-state index in [1.807, 2.05) is 60.7 Å². The van der Waals surface area contributed by atoms with E-state index in [9.17, 15) is 0 Å². The lowest BCUT2D eigenvalue weighted by Gasteiger charge is -2.14. The molecule has 5 rings (SSSR count). The SMILES string of the molecule is CCOc1cc2ncnc(-c3cn(C)nc3-c3ccccc3)c2cc1Cn1ncnc1C. The molecule has 0 atom stereocenters. The minimum Gasteiger partial charge on any atom is -0.493 e. The fourth-order valence-corrected chi connectivity index (χ4v) is 3.87. The van der Waals surface area contributed by atoms with Crippen molar-refractivity contribution in [2.24, 2.45) is 7.05 Å². The van der Waals surface area contributed by atoms with Crippen LogP contribution in [0.25, 0.3) is 33.4 Å². The maximum absolute atomic E-state index is 5.94. The number of aryl methyl sites for hydroxylation is 2. The Morgan fingerprint density at radius 3 is 2.56 bits per heavy atom. The van der Waals surface area contributed by atoms with Crippen molar-refractivity contribution in [2.45, 2.75) is 20.4 Å². The van der Waals surface area contributed by atoms with Gasteiger partial charge in [-0.3, -0.25) is 4.68 Å². The first-order valence-corrected chi connectivity index (χ1v) is 10.5. The number of ether oxygens (including phenoxy) is 1. The van der Waals surface area contributed by atoms with Crippen LogP contribution in [-0.4, -0.2) is 41.1 Å². The summed E-state index contributed by atoms with van der Waals surface area (Å²) in [6, 6.07) is 14.2. The van der Waals surface area contributed by atoms with Crippen molar-refractivity contribution >= 4 is 10.9 Å². The first-order chi connectivity index (χ1) is 15.6. The summed E-state index contributed by atoms with van der Waals surface area (Å²) >= 11 is 0. The highest BCUT2D eigenvalue weighted by molar-refractivity contribution is 5.96. The molecule has 32 heavy (non-hydrogen) atoms. The second-order valence-corrected chi connectivity index (χ2v) is 7.53. The van der Waals surface area contributed by atoms with Crippen LogP contribution in [-0.2, 0) is 13.6 Å². The summed E-state index contributed by atoms with van der Waals surface area (Å²) in [5.74, 6) is 1.63. The van der Waals surface area contributed by atoms with Crippen molar-refractivity contribution in [2.75, 3.05) is 6.61 Å². The Morgan fingerprint density at radius 1 is 0.969 bits per heavy atom. The van der Waals surface area contributed by atoms with Crippen LogP contribution in [0.3, 0.4) is 0 Å². The number of hydrogen-bond donors (Lipinski definition) is 0. The molecule has 0 aliphatic heterocycles. The van der Waals surface area contributed by atoms with Crippen LogP contribution >= 0.6 is 0 Å². The molecule has 3 aromatic heterocycles. The monoisotopic (exact) mass is 425 g/mol. The van der Waals surface area contributed by atoms with Gasteiger partial charge < -0.3 is 4.74 Å². The van der Waals surface area contributed by atoms with Crippen molar-refractivity contribution < 1.29 is 4.74 Å². The Bertz CT molecular complexity index is 1390. The van der Waals surface area contributed by atoms with Crippen LogP contribution in [0.2, 0.25) is 0 Å². The van der Waals surface area contributed by atoms with Gasteiger partial charge in [-0.15, -0.1) is 0 Å². The summed E-state index contributed by atoms with van der Waals surface area (Å²) in [6.07, 6.45) is 5.16. The highest BCUT2D eigenvalue weighted by Gasteiger charge is 2.18. The molecule has 0 aliphatic carbocycles. The van der Waals surface area contributed by atoms with Crippen LogP contribution in [0.5, 0.6) is 5.75 Å². The van der Waals surface area contributed by atoms with E-state index in [1.165, 1.54) is 0 Å². The van der Waals surface area contributed by atoms with Crippen molar-refractivity contribution in [3.63, 3.8) is 0 Å². The first-order valence-electron chi connectivity index (χ1n) is 10.5. The van der Waals surface area contributed by atoms with E-state index in [1.54, 1.807) is 12.7 Å². The third-order valence-electron chi connectivity index (χ3n) is 5.38. The van der Waals surface area contributed by atoms with Gasteiger partial charge in [0, 0.05) is 41.4 Å². The number of rotatable bonds is 6. The highest BCUT2D eigenvalue weighted by atomic mass is 16.5. The molecule has 0 spiro atoms. The molecule has 0 saturated carbocycles. The molecule has 0 fully saturated rings. The molecule has 8 heteroatoms. The van der Waals surface area contributed by atoms with Crippen molar-refractivity contribution in [1.29, 1.82) is 0 Å². The molecule has 8 nitrogen and oxygen atoms in total. The van der Waals surface area contributed by atoms with E-state index in [0.29, 0.717) is 13.2 Å². The van der Waals surface area contributed by atoms with E-state index in [0.717, 1.165) is 50.6 Å². The van der Waals surface area contributed by atoms with Crippen molar-refractivity contribution in [3.05, 3.63) is 72.7 Å². The average molecular weight is 425 g/mol. The predicted octanol–water partition coefficient (Wildman–Crippen LogP) is 4.04. The van der Waals surface area contributed by atoms with Crippen LogP contribution in [0.1, 0.15) is 18.3 Å². The maximum atomic E-state index is 5.94. The predicted molar refractivity (Wildman–Crippen MR) is 122 cm³/mol. The average Bonchev–Trinajstić information content (AvgIpc) is 3.39. The molecule has 0 bridgehead atoms. The Balaban J connectivity index is 1.70. The molecule has 5 aromatic rings. The zero-order valence-corrected chi connectivity index (χ0v) is 18.2. The molecule has 0 radical (unpaired) electrons. The van der Waals surface area contributed by atoms with Gasteiger partial charge in [0.1, 0.15) is 29.9 Å². The minimum atomic E-state index is 0.546. The smallest absolute Gasteiger partial charge is 0.138 e. The second kappa shape index (κ2) is 8.22. The quantitative estimate of drug-likeness (QED) is 0.408. The van der Waals surface area contributed by atoms with Crippen LogP contribution in [0.15, 0.2) is 61.3 Å². The molecule has 0 saturated heterocycles. The van der Waals surface area contributed by atoms with E-state index >= 15 is 0 Å². The van der Waals surface area contributed by atoms with Crippen LogP contribution < -0.4 is 4.74 Å². The lowest BCUT2D eigenvalue weighted by molar-refractivity contribution is 0.335. The zero-order valence-electron chi connectivity index (χ0n) is 18.2. The van der Waals surface area contributed by atoms with Gasteiger partial charge in [-0.05, 0) is 19.9 Å². The van der Waals surface area contributed by atoms with Crippen molar-refractivity contribution in [1.82, 2.24) is 34.5 Å². The maximum Gasteiger partial charge on any atom is 0.138 e. The molecule has 0 amide bonds. The molecule has 0 N–H and O–H groups in total. The fraction of sp³-hybridized carbons (Fsp3) is 0.208. The highest BCUT2D eigenvalue weighted by Crippen LogP contribution is 2.35. The van der Waals surface area contributed by atoms with Crippen LogP contribution in [0, 0.1) is 6.92 Å². The van der Waals surface area contributed by atoms with E-state index in [4.69, 9.17) is 9.84 Å². The number of fused-ring (bicyclic) bond motifs is 1. The molecular formula is C24H23N7O. The van der Waals surface area contributed by atoms with Crippen molar-refractivity contribution in [3.8, 4) is 28.3 Å². The van der Waals surface area contributed by atoms with E-state index in [2.05, 4.69) is 38.2 Å². The lowest BCUT2D eigenvalue weighted by Crippen LogP contribution is -2.07. The Kier molecular flexibility index (Phi) is 5.10. The van der Waals surface area contributed by atoms with Gasteiger partial charge in [0.25, 0.3) is 0 Å². The summed E-state index contributed by atoms with van der Waals surface area (Å²) in [6.45, 7) is 5.02. The van der Waals surface area contributed by atoms with Gasteiger partial charge in [-0.1, -0.05) is 30.3 Å². The van der Waals surface area contributed by atoms with E-state index < -0.39 is 0 Å². The molecular weight excluding hydrogens is 402 g/mol. The summed E-state index contributed by atoms with van der Waals surface area (Å²) < 4.78 is 9.61. The second-order valence-electron chi connectivity index (χ2n) is 7.53. The number of benzene rings is 2. The van der Waals surface area contributed by atoms with E-state index in [-0.39, 0.29) is 0 Å². The van der Waals surface area contributed by atoms with Crippen LogP contribution in [0.4, 0.5) is 0 Å². The van der Waals surface area contributed by atoms with Gasteiger partial charge in [-0.2, -0.15) is 10.2 Å². The Hall–Kier alpha value is -4.07. The normalized spacial score (nSPS) is 11.2. The van der Waals surface area contributed by atoms with Gasteiger partial charge in [-0.25, -0.2) is 19.6 Å². The largest absolute Gasteiger partial charge is 0.493 e. The topological polar surface area (TPSA) is 83.5 Å².